The number of hydrogen-bond donors (Lipinski definition) is 1. The molecule has 0 saturated carbocycles. The molecular weight excluding hydrogens is 482 g/mol. The van der Waals surface area contributed by atoms with E-state index in [2.05, 4.69) is 36.1 Å². The lowest BCUT2D eigenvalue weighted by Crippen LogP contribution is -2.06. The van der Waals surface area contributed by atoms with Gasteiger partial charge in [0.05, 0.1) is 27.8 Å². The van der Waals surface area contributed by atoms with Crippen LogP contribution in [0, 0.1) is 28.4 Å². The van der Waals surface area contributed by atoms with Crippen LogP contribution in [0.25, 0.3) is 5.69 Å². The third-order valence-electron chi connectivity index (χ3n) is 4.00. The summed E-state index contributed by atoms with van der Waals surface area (Å²) in [5.74, 6) is -0.289. The number of nitro groups is 1. The Morgan fingerprint density at radius 3 is 2.71 bits per heavy atom. The molecule has 10 nitrogen and oxygen atoms in total. The lowest BCUT2D eigenvalue weighted by molar-refractivity contribution is -0.384. The van der Waals surface area contributed by atoms with Gasteiger partial charge < -0.3 is 14.8 Å². The fourth-order valence-electron chi connectivity index (χ4n) is 2.69. The van der Waals surface area contributed by atoms with E-state index < -0.39 is 11.5 Å². The smallest absolute Gasteiger partial charge is 0.388 e. The molecule has 0 fully saturated rings. The summed E-state index contributed by atoms with van der Waals surface area (Å²) in [6.45, 7) is -1.45. The van der Waals surface area contributed by atoms with Crippen molar-refractivity contribution in [1.82, 2.24) is 14.8 Å². The minimum atomic E-state index is -3.05. The molecule has 1 N–H and O–H groups in total. The zero-order chi connectivity index (χ0) is 22.7. The van der Waals surface area contributed by atoms with Crippen LogP contribution in [0.2, 0.25) is 0 Å². The molecule has 0 atom stereocenters. The van der Waals surface area contributed by atoms with Crippen LogP contribution >= 0.6 is 15.9 Å². The number of ether oxygens (including phenoxy) is 2. The lowest BCUT2D eigenvalue weighted by Gasteiger charge is -2.12. The molecule has 0 aliphatic rings. The number of pyridine rings is 1. The van der Waals surface area contributed by atoms with Crippen LogP contribution in [0.4, 0.5) is 26.0 Å². The Bertz CT molecular complexity index is 1190. The van der Waals surface area contributed by atoms with E-state index in [4.69, 9.17) is 4.74 Å². The summed E-state index contributed by atoms with van der Waals surface area (Å²) in [6.07, 6.45) is 0. The van der Waals surface area contributed by atoms with Crippen LogP contribution in [-0.4, -0.2) is 33.4 Å². The van der Waals surface area contributed by atoms with Crippen molar-refractivity contribution in [2.45, 2.75) is 13.5 Å². The molecule has 3 aromatic rings. The number of anilines is 2. The number of alkyl halides is 2. The van der Waals surface area contributed by atoms with Crippen molar-refractivity contribution in [1.29, 1.82) is 5.26 Å². The van der Waals surface area contributed by atoms with Crippen molar-refractivity contribution in [3.05, 3.63) is 56.2 Å². The summed E-state index contributed by atoms with van der Waals surface area (Å²) in [7, 11) is 1.36. The zero-order valence-corrected chi connectivity index (χ0v) is 17.6. The first-order chi connectivity index (χ1) is 14.7. The van der Waals surface area contributed by atoms with Crippen LogP contribution in [0.3, 0.4) is 0 Å². The third kappa shape index (κ3) is 4.69. The van der Waals surface area contributed by atoms with Crippen LogP contribution in [0.1, 0.15) is 11.3 Å². The van der Waals surface area contributed by atoms with Gasteiger partial charge in [-0.25, -0.2) is 4.68 Å². The van der Waals surface area contributed by atoms with E-state index in [1.54, 1.807) is 6.92 Å². The normalized spacial score (nSPS) is 10.6. The van der Waals surface area contributed by atoms with E-state index in [9.17, 15) is 24.2 Å². The summed E-state index contributed by atoms with van der Waals surface area (Å²) in [5, 5.41) is 27.6. The van der Waals surface area contributed by atoms with Crippen molar-refractivity contribution >= 4 is 33.1 Å². The van der Waals surface area contributed by atoms with E-state index in [1.165, 1.54) is 42.1 Å². The molecule has 0 bridgehead atoms. The number of aryl methyl sites for hydroxylation is 1. The highest BCUT2D eigenvalue weighted by Crippen LogP contribution is 2.34. The first kappa shape index (κ1) is 21.9. The van der Waals surface area contributed by atoms with Gasteiger partial charge in [-0.3, -0.25) is 10.1 Å². The predicted molar refractivity (Wildman–Crippen MR) is 108 cm³/mol. The second-order valence-electron chi connectivity index (χ2n) is 5.99. The van der Waals surface area contributed by atoms with Gasteiger partial charge in [0.2, 0.25) is 17.6 Å². The second kappa shape index (κ2) is 8.92. The molecule has 0 aliphatic heterocycles. The summed E-state index contributed by atoms with van der Waals surface area (Å²) in [5.41, 5.74) is 0.887. The minimum absolute atomic E-state index is 0.0976. The van der Waals surface area contributed by atoms with Gasteiger partial charge in [-0.2, -0.15) is 19.0 Å². The summed E-state index contributed by atoms with van der Waals surface area (Å²) in [4.78, 5) is 14.9. The maximum atomic E-state index is 12.5. The monoisotopic (exact) mass is 494 g/mol. The molecule has 3 rings (SSSR count). The molecule has 0 unspecified atom stereocenters. The van der Waals surface area contributed by atoms with Gasteiger partial charge in [-0.05, 0) is 41.1 Å². The standard InChI is InChI=1S/C18H13BrF2N6O4/c1-9-5-15(31-18(20)21)25-26(9)13-6-11(4-3-10(13)8-22)23-16-14(27(28)29)7-12(19)17(24-16)30-2/h3-7,18H,1-2H3,(H,23,24). The molecule has 0 spiro atoms. The number of nitriles is 1. The predicted octanol–water partition coefficient (Wildman–Crippen LogP) is 4.47. The largest absolute Gasteiger partial charge is 0.480 e. The topological polar surface area (TPSA) is 128 Å². The Balaban J connectivity index is 2.06. The van der Waals surface area contributed by atoms with E-state index in [1.807, 2.05) is 6.07 Å². The van der Waals surface area contributed by atoms with Gasteiger partial charge in [0.1, 0.15) is 6.07 Å². The molecule has 0 saturated heterocycles. The fourth-order valence-corrected chi connectivity index (χ4v) is 3.16. The number of rotatable bonds is 7. The Morgan fingerprint density at radius 2 is 2.10 bits per heavy atom. The Labute approximate surface area is 182 Å². The number of halogens is 3. The molecule has 0 aliphatic carbocycles. The molecule has 0 radical (unpaired) electrons. The van der Waals surface area contributed by atoms with Gasteiger partial charge >= 0.3 is 12.3 Å². The summed E-state index contributed by atoms with van der Waals surface area (Å²) >= 11 is 3.15. The van der Waals surface area contributed by atoms with Crippen molar-refractivity contribution in [3.8, 4) is 23.5 Å². The fraction of sp³-hybridized carbons (Fsp3) is 0.167. The van der Waals surface area contributed by atoms with Gasteiger partial charge in [0.25, 0.3) is 0 Å². The lowest BCUT2D eigenvalue weighted by atomic mass is 10.1. The molecule has 13 heteroatoms. The van der Waals surface area contributed by atoms with Crippen molar-refractivity contribution in [2.75, 3.05) is 12.4 Å². The number of methoxy groups -OCH3 is 1. The zero-order valence-electron chi connectivity index (χ0n) is 16.0. The van der Waals surface area contributed by atoms with Crippen LogP contribution in [0.5, 0.6) is 11.8 Å². The Kier molecular flexibility index (Phi) is 6.30. The average Bonchev–Trinajstić information content (AvgIpc) is 3.07. The molecule has 160 valence electrons. The van der Waals surface area contributed by atoms with Crippen LogP contribution in [0.15, 0.2) is 34.8 Å². The van der Waals surface area contributed by atoms with Gasteiger partial charge in [-0.1, -0.05) is 0 Å². The first-order valence-corrected chi connectivity index (χ1v) is 9.24. The molecule has 2 heterocycles. The average molecular weight is 495 g/mol. The summed E-state index contributed by atoms with van der Waals surface area (Å²) in [6, 6.07) is 8.96. The molecule has 1 aromatic carbocycles. The molecular formula is C18H13BrF2N6O4. The van der Waals surface area contributed by atoms with E-state index >= 15 is 0 Å². The number of hydrogen-bond acceptors (Lipinski definition) is 8. The van der Waals surface area contributed by atoms with Crippen molar-refractivity contribution in [2.24, 2.45) is 0 Å². The maximum Gasteiger partial charge on any atom is 0.388 e. The second-order valence-corrected chi connectivity index (χ2v) is 6.84. The number of benzene rings is 1. The third-order valence-corrected chi connectivity index (χ3v) is 4.57. The Morgan fingerprint density at radius 1 is 1.35 bits per heavy atom. The SMILES string of the molecule is COc1nc(Nc2ccc(C#N)c(-n3nc(OC(F)F)cc3C)c2)c([N+](=O)[O-])cc1Br. The van der Waals surface area contributed by atoms with Crippen LogP contribution < -0.4 is 14.8 Å². The number of nitrogens with one attached hydrogen (secondary N) is 1. The molecule has 0 amide bonds. The Hall–Kier alpha value is -3.79. The number of nitrogens with zero attached hydrogens (tertiary/aromatic N) is 5. The minimum Gasteiger partial charge on any atom is -0.480 e. The highest BCUT2D eigenvalue weighted by molar-refractivity contribution is 9.10. The quantitative estimate of drug-likeness (QED) is 0.376. The number of aromatic nitrogens is 3. The van der Waals surface area contributed by atoms with E-state index in [-0.39, 0.29) is 34.5 Å². The first-order valence-electron chi connectivity index (χ1n) is 8.45. The maximum absolute atomic E-state index is 12.5. The van der Waals surface area contributed by atoms with Crippen molar-refractivity contribution in [3.63, 3.8) is 0 Å². The highest BCUT2D eigenvalue weighted by Gasteiger charge is 2.21. The van der Waals surface area contributed by atoms with Gasteiger partial charge in [0, 0.05) is 23.5 Å². The van der Waals surface area contributed by atoms with Gasteiger partial charge in [-0.15, -0.1) is 5.10 Å². The van der Waals surface area contributed by atoms with E-state index in [0.29, 0.717) is 15.9 Å². The van der Waals surface area contributed by atoms with Gasteiger partial charge in [0.15, 0.2) is 0 Å². The van der Waals surface area contributed by atoms with E-state index in [0.717, 1.165) is 0 Å². The highest BCUT2D eigenvalue weighted by atomic mass is 79.9. The summed E-state index contributed by atoms with van der Waals surface area (Å²) < 4.78 is 35.9. The van der Waals surface area contributed by atoms with Crippen molar-refractivity contribution < 1.29 is 23.2 Å². The molecule has 2 aromatic heterocycles. The molecule has 31 heavy (non-hydrogen) atoms. The van der Waals surface area contributed by atoms with Crippen LogP contribution in [-0.2, 0) is 0 Å².